The summed E-state index contributed by atoms with van der Waals surface area (Å²) in [5, 5.41) is 10.5. The summed E-state index contributed by atoms with van der Waals surface area (Å²) < 4.78 is 11.2. The molecule has 1 aromatic heterocycles. The number of aliphatic imine (C=N–C) groups is 1. The van der Waals surface area contributed by atoms with Crippen LogP contribution >= 0.6 is 0 Å². The fourth-order valence-electron chi connectivity index (χ4n) is 2.46. The molecule has 0 amide bonds. The Morgan fingerprint density at radius 2 is 2.08 bits per heavy atom. The molecule has 2 N–H and O–H groups in total. The van der Waals surface area contributed by atoms with E-state index in [0.717, 1.165) is 41.7 Å². The molecule has 1 aliphatic rings. The molecule has 0 unspecified atom stereocenters. The molecule has 0 aliphatic heterocycles. The largest absolute Gasteiger partial charge is 0.493 e. The molecule has 1 saturated carbocycles. The second kappa shape index (κ2) is 8.55. The van der Waals surface area contributed by atoms with Gasteiger partial charge in [0.05, 0.1) is 18.8 Å². The van der Waals surface area contributed by atoms with E-state index < -0.39 is 0 Å². The number of rotatable bonds is 8. The average Bonchev–Trinajstić information content (AvgIpc) is 3.37. The Hall–Kier alpha value is -2.50. The van der Waals surface area contributed by atoms with Crippen molar-refractivity contribution in [1.82, 2.24) is 15.8 Å². The van der Waals surface area contributed by atoms with Crippen LogP contribution in [0.5, 0.6) is 5.75 Å². The first-order valence-electron chi connectivity index (χ1n) is 8.88. The van der Waals surface area contributed by atoms with Crippen LogP contribution < -0.4 is 15.4 Å². The Morgan fingerprint density at radius 1 is 1.28 bits per heavy atom. The number of nitrogens with zero attached hydrogens (tertiary/aromatic N) is 2. The summed E-state index contributed by atoms with van der Waals surface area (Å²) in [4.78, 5) is 4.25. The first kappa shape index (κ1) is 17.3. The van der Waals surface area contributed by atoms with E-state index in [9.17, 15) is 0 Å². The Bertz CT molecular complexity index is 707. The van der Waals surface area contributed by atoms with Gasteiger partial charge < -0.3 is 19.9 Å². The van der Waals surface area contributed by atoms with Crippen LogP contribution in [0.2, 0.25) is 0 Å². The topological polar surface area (TPSA) is 71.7 Å². The van der Waals surface area contributed by atoms with Gasteiger partial charge in [0.15, 0.2) is 11.7 Å². The normalized spacial score (nSPS) is 14.4. The van der Waals surface area contributed by atoms with Gasteiger partial charge in [0.25, 0.3) is 0 Å². The molecule has 1 aliphatic carbocycles. The maximum atomic E-state index is 5.95. The third-order valence-corrected chi connectivity index (χ3v) is 4.21. The Labute approximate surface area is 148 Å². The van der Waals surface area contributed by atoms with Crippen LogP contribution in [0, 0.1) is 5.92 Å². The fourth-order valence-corrected chi connectivity index (χ4v) is 2.46. The van der Waals surface area contributed by atoms with Crippen molar-refractivity contribution < 1.29 is 9.26 Å². The molecule has 6 heteroatoms. The summed E-state index contributed by atoms with van der Waals surface area (Å²) in [6.45, 7) is 4.07. The lowest BCUT2D eigenvalue weighted by Gasteiger charge is -2.14. The second-order valence-corrected chi connectivity index (χ2v) is 6.28. The van der Waals surface area contributed by atoms with Crippen molar-refractivity contribution >= 4 is 5.96 Å². The van der Waals surface area contributed by atoms with Gasteiger partial charge in [-0.1, -0.05) is 30.3 Å². The highest BCUT2D eigenvalue weighted by molar-refractivity contribution is 5.79. The quantitative estimate of drug-likeness (QED) is 0.570. The van der Waals surface area contributed by atoms with Gasteiger partial charge >= 0.3 is 0 Å². The van der Waals surface area contributed by atoms with Gasteiger partial charge in [-0.15, -0.1) is 0 Å². The average molecular weight is 342 g/mol. The minimum Gasteiger partial charge on any atom is -0.493 e. The van der Waals surface area contributed by atoms with Crippen LogP contribution in [-0.2, 0) is 19.5 Å². The number of ether oxygens (including phenoxy) is 1. The van der Waals surface area contributed by atoms with Gasteiger partial charge in [0.2, 0.25) is 0 Å². The zero-order valence-electron chi connectivity index (χ0n) is 14.9. The summed E-state index contributed by atoms with van der Waals surface area (Å²) in [6, 6.07) is 10.1. The van der Waals surface area contributed by atoms with E-state index in [-0.39, 0.29) is 0 Å². The van der Waals surface area contributed by atoms with Crippen LogP contribution in [0.3, 0.4) is 0 Å². The molecule has 1 fully saturated rings. The smallest absolute Gasteiger partial charge is 0.191 e. The molecular weight excluding hydrogens is 316 g/mol. The predicted molar refractivity (Wildman–Crippen MR) is 97.6 cm³/mol. The van der Waals surface area contributed by atoms with Crippen molar-refractivity contribution in [2.45, 2.75) is 39.3 Å². The van der Waals surface area contributed by atoms with E-state index in [2.05, 4.69) is 33.8 Å². The van der Waals surface area contributed by atoms with Gasteiger partial charge in [0, 0.05) is 25.2 Å². The maximum Gasteiger partial charge on any atom is 0.191 e. The van der Waals surface area contributed by atoms with Crippen LogP contribution in [0.25, 0.3) is 0 Å². The van der Waals surface area contributed by atoms with Crippen molar-refractivity contribution in [3.05, 3.63) is 47.3 Å². The molecule has 0 saturated heterocycles. The molecule has 0 spiro atoms. The molecule has 25 heavy (non-hydrogen) atoms. The predicted octanol–water partition coefficient (Wildman–Crippen LogP) is 2.89. The number of aromatic nitrogens is 1. The third-order valence-electron chi connectivity index (χ3n) is 4.21. The lowest BCUT2D eigenvalue weighted by Crippen LogP contribution is -2.36. The molecule has 6 nitrogen and oxygen atoms in total. The lowest BCUT2D eigenvalue weighted by atomic mass is 10.2. The molecular formula is C19H26N4O2. The molecule has 3 rings (SSSR count). The van der Waals surface area contributed by atoms with Gasteiger partial charge in [-0.25, -0.2) is 0 Å². The number of hydrogen-bond acceptors (Lipinski definition) is 4. The molecule has 1 aromatic carbocycles. The van der Waals surface area contributed by atoms with Crippen molar-refractivity contribution in [2.24, 2.45) is 10.9 Å². The molecule has 0 radical (unpaired) electrons. The Kier molecular flexibility index (Phi) is 5.93. The molecule has 0 bridgehead atoms. The van der Waals surface area contributed by atoms with E-state index in [0.29, 0.717) is 19.0 Å². The van der Waals surface area contributed by atoms with E-state index in [1.54, 1.807) is 7.05 Å². The monoisotopic (exact) mass is 342 g/mol. The van der Waals surface area contributed by atoms with E-state index in [1.165, 1.54) is 12.8 Å². The minimum absolute atomic E-state index is 0.548. The zero-order valence-corrected chi connectivity index (χ0v) is 14.9. The second-order valence-electron chi connectivity index (χ2n) is 6.28. The number of nitrogens with one attached hydrogen (secondary N) is 2. The van der Waals surface area contributed by atoms with Crippen LogP contribution in [0.1, 0.15) is 36.8 Å². The molecule has 2 aromatic rings. The zero-order chi connectivity index (χ0) is 17.5. The van der Waals surface area contributed by atoms with Crippen molar-refractivity contribution in [3.8, 4) is 5.75 Å². The number of benzene rings is 1. The first-order valence-corrected chi connectivity index (χ1v) is 8.88. The van der Waals surface area contributed by atoms with Crippen molar-refractivity contribution in [3.63, 3.8) is 0 Å². The van der Waals surface area contributed by atoms with Crippen LogP contribution in [-0.4, -0.2) is 24.8 Å². The van der Waals surface area contributed by atoms with Gasteiger partial charge in [-0.05, 0) is 31.2 Å². The van der Waals surface area contributed by atoms with Gasteiger partial charge in [0.1, 0.15) is 5.75 Å². The molecule has 1 heterocycles. The highest BCUT2D eigenvalue weighted by atomic mass is 16.5. The number of para-hydroxylation sites is 1. The van der Waals surface area contributed by atoms with Gasteiger partial charge in [-0.3, -0.25) is 4.99 Å². The Balaban J connectivity index is 1.50. The van der Waals surface area contributed by atoms with Crippen molar-refractivity contribution in [2.75, 3.05) is 13.7 Å². The number of aryl methyl sites for hydroxylation is 1. The van der Waals surface area contributed by atoms with Gasteiger partial charge in [-0.2, -0.15) is 0 Å². The standard InChI is InChI=1S/C19H26N4O2/c1-3-16-10-17(25-23-16)12-22-19(20-2)21-11-15-6-4-5-7-18(15)24-13-14-8-9-14/h4-7,10,14H,3,8-9,11-13H2,1-2H3,(H2,20,21,22). The fraction of sp³-hybridized carbons (Fsp3) is 0.474. The third kappa shape index (κ3) is 5.24. The molecule has 0 atom stereocenters. The van der Waals surface area contributed by atoms with Crippen LogP contribution in [0.4, 0.5) is 0 Å². The summed E-state index contributed by atoms with van der Waals surface area (Å²) in [5.74, 6) is 3.20. The number of hydrogen-bond donors (Lipinski definition) is 2. The lowest BCUT2D eigenvalue weighted by molar-refractivity contribution is 0.296. The summed E-state index contributed by atoms with van der Waals surface area (Å²) >= 11 is 0. The van der Waals surface area contributed by atoms with Crippen LogP contribution in [0.15, 0.2) is 39.8 Å². The summed E-state index contributed by atoms with van der Waals surface area (Å²) in [6.07, 6.45) is 3.45. The summed E-state index contributed by atoms with van der Waals surface area (Å²) in [7, 11) is 1.75. The maximum absolute atomic E-state index is 5.95. The minimum atomic E-state index is 0.548. The highest BCUT2D eigenvalue weighted by Crippen LogP contribution is 2.30. The van der Waals surface area contributed by atoms with E-state index >= 15 is 0 Å². The highest BCUT2D eigenvalue weighted by Gasteiger charge is 2.22. The summed E-state index contributed by atoms with van der Waals surface area (Å²) in [5.41, 5.74) is 2.08. The van der Waals surface area contributed by atoms with Crippen molar-refractivity contribution in [1.29, 1.82) is 0 Å². The van der Waals surface area contributed by atoms with E-state index in [4.69, 9.17) is 9.26 Å². The Morgan fingerprint density at radius 3 is 2.80 bits per heavy atom. The SMILES string of the molecule is CCc1cc(CNC(=NC)NCc2ccccc2OCC2CC2)on1. The molecule has 134 valence electrons. The number of guanidine groups is 1. The van der Waals surface area contributed by atoms with E-state index in [1.807, 2.05) is 24.3 Å². The first-order chi connectivity index (χ1) is 12.3.